The van der Waals surface area contributed by atoms with Crippen LogP contribution in [0.4, 0.5) is 4.79 Å². The van der Waals surface area contributed by atoms with Crippen molar-refractivity contribution in [2.45, 2.75) is 88.9 Å². The van der Waals surface area contributed by atoms with E-state index in [0.717, 1.165) is 37.1 Å². The molecule has 26 heteroatoms. The SMILES string of the molecule is O=C(O)CCC[C@H](OC(=O)N[C@@H](CCCN(Cc1ccc(Br)cc1)C(=O)[C@H](Cc1c2ccccc2cc2ccccc12)NC(=O)C1CCC(CNC(=O)CN2CCN(CC(=O)O)CCN(CC(=O)O)CCN(CC(=O)O)CC2)CC1)C(=O)O)C(=O)O. The number of ether oxygens (including phenoxy) is 1. The molecule has 0 radical (unpaired) electrons. The van der Waals surface area contributed by atoms with Crippen molar-refractivity contribution in [3.05, 3.63) is 94.5 Å². The Bertz CT molecular complexity index is 2930. The number of hydrogen-bond acceptors (Lipinski definition) is 15. The zero-order chi connectivity index (χ0) is 62.3. The van der Waals surface area contributed by atoms with Crippen LogP contribution in [-0.4, -0.2) is 225 Å². The Kier molecular flexibility index (Phi) is 26.5. The molecular weight excluding hydrogens is 1180 g/mol. The number of fused-ring (bicyclic) bond motifs is 2. The maximum absolute atomic E-state index is 15.4. The number of hydrogen-bond donors (Lipinski definition) is 9. The van der Waals surface area contributed by atoms with Gasteiger partial charge in [-0.1, -0.05) is 76.6 Å². The second kappa shape index (κ2) is 33.8. The minimum absolute atomic E-state index is 0.00874. The van der Waals surface area contributed by atoms with Gasteiger partial charge in [-0.2, -0.15) is 0 Å². The second-order valence-corrected chi connectivity index (χ2v) is 22.9. The van der Waals surface area contributed by atoms with E-state index in [0.29, 0.717) is 32.2 Å². The summed E-state index contributed by atoms with van der Waals surface area (Å²) < 4.78 is 5.78. The molecule has 1 aliphatic carbocycles. The summed E-state index contributed by atoms with van der Waals surface area (Å²) in [5, 5.41) is 69.4. The standard InChI is InChI=1S/C60H77BrN8O17/c61-44-20-16-40(17-21-44)34-69(22-6-11-48(58(81)82)64-60(85)86-50(59(83)84)12-5-13-52(71)72)57(80)49(32-47-45-9-3-1-7-42(45)31-43-8-2-4-10-46(43)47)63-56(79)41-18-14-39(15-19-41)33-62-51(70)35-65-23-25-66(36-53(73)74)27-29-68(38-55(77)78)30-28-67(26-24-65)37-54(75)76/h1-4,7-10,16-17,20-21,31,39,41,48-50H,5-6,11-15,18-19,22-30,32-38H2,(H,62,70)(H,63,79)(H,64,85)(H,71,72)(H,73,74)(H,75,76)(H,77,78)(H,81,82)(H,83,84)/t39?,41?,48-,49-,50-/m0/s1. The number of rotatable bonds is 29. The molecule has 4 aromatic rings. The van der Waals surface area contributed by atoms with E-state index in [-0.39, 0.29) is 148 Å². The molecule has 0 spiro atoms. The molecule has 1 aliphatic heterocycles. The molecule has 466 valence electrons. The first-order chi connectivity index (χ1) is 41.1. The Hall–Kier alpha value is -7.78. The molecule has 0 bridgehead atoms. The highest BCUT2D eigenvalue weighted by Gasteiger charge is 2.34. The topological polar surface area (TPSA) is 354 Å². The molecule has 0 unspecified atom stereocenters. The number of carbonyl (C=O) groups is 10. The van der Waals surface area contributed by atoms with Gasteiger partial charge in [-0.05, 0) is 108 Å². The van der Waals surface area contributed by atoms with Crippen LogP contribution in [0.1, 0.15) is 68.9 Å². The third-order valence-electron chi connectivity index (χ3n) is 15.6. The lowest BCUT2D eigenvalue weighted by molar-refractivity contribution is -0.148. The molecule has 1 saturated heterocycles. The van der Waals surface area contributed by atoms with Crippen molar-refractivity contribution >= 4 is 97.1 Å². The van der Waals surface area contributed by atoms with Gasteiger partial charge in [0.25, 0.3) is 0 Å². The number of halogens is 1. The molecule has 9 N–H and O–H groups in total. The first-order valence-electron chi connectivity index (χ1n) is 28.8. The van der Waals surface area contributed by atoms with Crippen LogP contribution in [-0.2, 0) is 60.9 Å². The maximum Gasteiger partial charge on any atom is 0.408 e. The quantitative estimate of drug-likeness (QED) is 0.0348. The van der Waals surface area contributed by atoms with Crippen molar-refractivity contribution in [1.29, 1.82) is 0 Å². The summed E-state index contributed by atoms with van der Waals surface area (Å²) in [5.74, 6) is -8.92. The Labute approximate surface area is 505 Å². The number of carboxylic acid groups (broad SMARTS) is 6. The fourth-order valence-corrected chi connectivity index (χ4v) is 11.2. The zero-order valence-electron chi connectivity index (χ0n) is 47.9. The van der Waals surface area contributed by atoms with E-state index >= 15 is 4.79 Å². The van der Waals surface area contributed by atoms with Gasteiger partial charge >= 0.3 is 41.9 Å². The zero-order valence-corrected chi connectivity index (χ0v) is 49.4. The minimum atomic E-state index is -1.73. The van der Waals surface area contributed by atoms with Gasteiger partial charge in [0.15, 0.2) is 0 Å². The Balaban J connectivity index is 1.15. The van der Waals surface area contributed by atoms with E-state index in [2.05, 4.69) is 37.9 Å². The molecule has 1 saturated carbocycles. The number of carboxylic acids is 6. The number of benzene rings is 4. The van der Waals surface area contributed by atoms with Gasteiger partial charge in [0.2, 0.25) is 23.8 Å². The predicted molar refractivity (Wildman–Crippen MR) is 317 cm³/mol. The highest BCUT2D eigenvalue weighted by Crippen LogP contribution is 2.32. The largest absolute Gasteiger partial charge is 0.481 e. The minimum Gasteiger partial charge on any atom is -0.481 e. The van der Waals surface area contributed by atoms with Crippen LogP contribution < -0.4 is 16.0 Å². The van der Waals surface area contributed by atoms with Crippen molar-refractivity contribution in [1.82, 2.24) is 40.4 Å². The number of carbonyl (C=O) groups excluding carboxylic acids is 4. The Morgan fingerprint density at radius 3 is 1.58 bits per heavy atom. The summed E-state index contributed by atoms with van der Waals surface area (Å²) >= 11 is 3.46. The molecule has 25 nitrogen and oxygen atoms in total. The molecule has 0 aromatic heterocycles. The van der Waals surface area contributed by atoms with Gasteiger partial charge in [0, 0.05) is 95.2 Å². The molecule has 4 aromatic carbocycles. The lowest BCUT2D eigenvalue weighted by atomic mass is 9.81. The van der Waals surface area contributed by atoms with E-state index < -0.39 is 71.9 Å². The highest BCUT2D eigenvalue weighted by atomic mass is 79.9. The summed E-state index contributed by atoms with van der Waals surface area (Å²) in [6.07, 6.45) is -1.96. The number of alkyl carbamates (subject to hydrolysis) is 1. The number of amides is 4. The molecule has 1 heterocycles. The van der Waals surface area contributed by atoms with Gasteiger partial charge in [-0.3, -0.25) is 53.2 Å². The van der Waals surface area contributed by atoms with Gasteiger partial charge in [0.1, 0.15) is 12.1 Å². The highest BCUT2D eigenvalue weighted by molar-refractivity contribution is 9.10. The first-order valence-corrected chi connectivity index (χ1v) is 29.6. The van der Waals surface area contributed by atoms with Crippen molar-refractivity contribution < 1.29 is 83.3 Å². The Morgan fingerprint density at radius 2 is 1.09 bits per heavy atom. The lowest BCUT2D eigenvalue weighted by Gasteiger charge is -2.33. The van der Waals surface area contributed by atoms with E-state index in [1.165, 1.54) is 4.90 Å². The van der Waals surface area contributed by atoms with Crippen LogP contribution in [0.5, 0.6) is 0 Å². The molecule has 2 aliphatic rings. The monoisotopic (exact) mass is 1260 g/mol. The van der Waals surface area contributed by atoms with Crippen molar-refractivity contribution in [3.63, 3.8) is 0 Å². The van der Waals surface area contributed by atoms with E-state index in [1.807, 2.05) is 77.7 Å². The van der Waals surface area contributed by atoms with Gasteiger partial charge < -0.3 is 56.2 Å². The van der Waals surface area contributed by atoms with Gasteiger partial charge in [-0.25, -0.2) is 14.4 Å². The Morgan fingerprint density at radius 1 is 0.581 bits per heavy atom. The smallest absolute Gasteiger partial charge is 0.408 e. The number of aliphatic carboxylic acids is 6. The van der Waals surface area contributed by atoms with Crippen LogP contribution in [0.25, 0.3) is 21.5 Å². The second-order valence-electron chi connectivity index (χ2n) is 22.0. The average molecular weight is 1260 g/mol. The third-order valence-corrected chi connectivity index (χ3v) is 16.1. The van der Waals surface area contributed by atoms with Crippen LogP contribution >= 0.6 is 15.9 Å². The normalized spacial score (nSPS) is 17.8. The van der Waals surface area contributed by atoms with Crippen molar-refractivity contribution in [3.8, 4) is 0 Å². The van der Waals surface area contributed by atoms with E-state index in [4.69, 9.17) is 9.84 Å². The molecule has 6 rings (SSSR count). The maximum atomic E-state index is 15.4. The van der Waals surface area contributed by atoms with Crippen LogP contribution in [0.15, 0.2) is 83.3 Å². The van der Waals surface area contributed by atoms with E-state index in [1.54, 1.807) is 14.7 Å². The van der Waals surface area contributed by atoms with Crippen LogP contribution in [0.3, 0.4) is 0 Å². The third kappa shape index (κ3) is 22.3. The molecule has 3 atom stereocenters. The molecular formula is C60H77BrN8O17. The molecule has 2 fully saturated rings. The summed E-state index contributed by atoms with van der Waals surface area (Å²) in [4.78, 5) is 135. The summed E-state index contributed by atoms with van der Waals surface area (Å²) in [6.45, 7) is 1.42. The van der Waals surface area contributed by atoms with Crippen LogP contribution in [0.2, 0.25) is 0 Å². The van der Waals surface area contributed by atoms with E-state index in [9.17, 15) is 68.7 Å². The predicted octanol–water partition coefficient (Wildman–Crippen LogP) is 3.88. The van der Waals surface area contributed by atoms with Gasteiger partial charge in [0.05, 0.1) is 26.2 Å². The lowest BCUT2D eigenvalue weighted by Crippen LogP contribution is -2.51. The average Bonchev–Trinajstić information content (AvgIpc) is 1.34. The van der Waals surface area contributed by atoms with Crippen molar-refractivity contribution in [2.24, 2.45) is 11.8 Å². The number of nitrogens with one attached hydrogen (secondary N) is 3. The fourth-order valence-electron chi connectivity index (χ4n) is 11.0. The van der Waals surface area contributed by atoms with Crippen molar-refractivity contribution in [2.75, 3.05) is 91.6 Å². The molecule has 4 amide bonds. The van der Waals surface area contributed by atoms with Crippen LogP contribution in [0, 0.1) is 11.8 Å². The summed E-state index contributed by atoms with van der Waals surface area (Å²) in [6, 6.07) is 22.1. The summed E-state index contributed by atoms with van der Waals surface area (Å²) in [7, 11) is 0. The number of nitrogens with zero attached hydrogens (tertiary/aromatic N) is 5. The fraction of sp³-hybridized carbons (Fsp3) is 0.500. The van der Waals surface area contributed by atoms with Gasteiger partial charge in [-0.15, -0.1) is 0 Å². The summed E-state index contributed by atoms with van der Waals surface area (Å²) in [5.41, 5.74) is 1.55. The first kappa shape index (κ1) is 67.3. The molecule has 86 heavy (non-hydrogen) atoms.